The molecule has 22 heavy (non-hydrogen) atoms. The third-order valence-electron chi connectivity index (χ3n) is 3.47. The minimum Gasteiger partial charge on any atom is -0.475 e. The van der Waals surface area contributed by atoms with Crippen molar-refractivity contribution >= 4 is 0 Å². The van der Waals surface area contributed by atoms with Gasteiger partial charge in [-0.15, -0.1) is 0 Å². The zero-order valence-electron chi connectivity index (χ0n) is 14.2. The fourth-order valence-corrected chi connectivity index (χ4v) is 2.30. The molecule has 118 valence electrons. The van der Waals surface area contributed by atoms with Crippen molar-refractivity contribution in [1.29, 1.82) is 0 Å². The van der Waals surface area contributed by atoms with E-state index in [1.54, 1.807) is 0 Å². The van der Waals surface area contributed by atoms with E-state index in [0.29, 0.717) is 5.88 Å². The minimum atomic E-state index is 0.0968. The van der Waals surface area contributed by atoms with Gasteiger partial charge in [0.15, 0.2) is 5.82 Å². The average Bonchev–Trinajstić information content (AvgIpc) is 2.51. The standard InChI is InChI=1S/C18H25N3O/c1-6-8-16-13(5)18(22-12(3)4)21-17(20-16)14-9-10-19-15(7-2)11-14/h9-12H,6-8H2,1-5H3. The van der Waals surface area contributed by atoms with Crippen LogP contribution in [-0.4, -0.2) is 21.1 Å². The van der Waals surface area contributed by atoms with E-state index in [0.717, 1.165) is 47.6 Å². The normalized spacial score (nSPS) is 11.0. The Labute approximate surface area is 133 Å². The van der Waals surface area contributed by atoms with Crippen molar-refractivity contribution in [3.05, 3.63) is 35.3 Å². The summed E-state index contributed by atoms with van der Waals surface area (Å²) in [6, 6.07) is 4.01. The molecule has 0 atom stereocenters. The number of rotatable bonds is 6. The molecule has 0 fully saturated rings. The van der Waals surface area contributed by atoms with Crippen LogP contribution in [0, 0.1) is 6.92 Å². The summed E-state index contributed by atoms with van der Waals surface area (Å²) in [5, 5.41) is 0. The third-order valence-corrected chi connectivity index (χ3v) is 3.47. The summed E-state index contributed by atoms with van der Waals surface area (Å²) >= 11 is 0. The van der Waals surface area contributed by atoms with Gasteiger partial charge in [-0.2, -0.15) is 4.98 Å². The quantitative estimate of drug-likeness (QED) is 0.804. The van der Waals surface area contributed by atoms with Crippen LogP contribution in [0.1, 0.15) is 51.1 Å². The number of pyridine rings is 1. The Morgan fingerprint density at radius 3 is 2.59 bits per heavy atom. The fraction of sp³-hybridized carbons (Fsp3) is 0.500. The SMILES string of the molecule is CCCc1nc(-c2ccnc(CC)c2)nc(OC(C)C)c1C. The van der Waals surface area contributed by atoms with E-state index in [1.165, 1.54) is 0 Å². The molecule has 0 aromatic carbocycles. The van der Waals surface area contributed by atoms with Crippen LogP contribution >= 0.6 is 0 Å². The highest BCUT2D eigenvalue weighted by atomic mass is 16.5. The second-order valence-electron chi connectivity index (χ2n) is 5.73. The van der Waals surface area contributed by atoms with Gasteiger partial charge in [-0.1, -0.05) is 20.3 Å². The summed E-state index contributed by atoms with van der Waals surface area (Å²) < 4.78 is 5.88. The molecule has 4 heteroatoms. The summed E-state index contributed by atoms with van der Waals surface area (Å²) in [6.07, 6.45) is 4.80. The Morgan fingerprint density at radius 1 is 1.18 bits per heavy atom. The van der Waals surface area contributed by atoms with Crippen LogP contribution in [0.2, 0.25) is 0 Å². The van der Waals surface area contributed by atoms with Gasteiger partial charge in [0, 0.05) is 23.0 Å². The molecule has 0 amide bonds. The monoisotopic (exact) mass is 299 g/mol. The Hall–Kier alpha value is -1.97. The Morgan fingerprint density at radius 2 is 1.95 bits per heavy atom. The highest BCUT2D eigenvalue weighted by Crippen LogP contribution is 2.25. The minimum absolute atomic E-state index is 0.0968. The maximum atomic E-state index is 5.88. The van der Waals surface area contributed by atoms with Crippen molar-refractivity contribution in [2.45, 2.75) is 60.0 Å². The van der Waals surface area contributed by atoms with E-state index < -0.39 is 0 Å². The van der Waals surface area contributed by atoms with E-state index in [1.807, 2.05) is 33.0 Å². The van der Waals surface area contributed by atoms with Crippen LogP contribution in [0.5, 0.6) is 5.88 Å². The predicted molar refractivity (Wildman–Crippen MR) is 89.1 cm³/mol. The van der Waals surface area contributed by atoms with Crippen molar-refractivity contribution in [3.8, 4) is 17.3 Å². The van der Waals surface area contributed by atoms with Gasteiger partial charge in [0.05, 0.1) is 11.8 Å². The molecule has 0 aliphatic heterocycles. The van der Waals surface area contributed by atoms with Crippen LogP contribution in [0.3, 0.4) is 0 Å². The number of nitrogens with zero attached hydrogens (tertiary/aromatic N) is 3. The van der Waals surface area contributed by atoms with Crippen LogP contribution in [-0.2, 0) is 12.8 Å². The molecule has 0 radical (unpaired) electrons. The highest BCUT2D eigenvalue weighted by molar-refractivity contribution is 5.56. The van der Waals surface area contributed by atoms with E-state index in [9.17, 15) is 0 Å². The highest BCUT2D eigenvalue weighted by Gasteiger charge is 2.14. The first-order valence-corrected chi connectivity index (χ1v) is 8.04. The largest absolute Gasteiger partial charge is 0.475 e. The molecule has 0 aliphatic carbocycles. The number of aryl methyl sites for hydroxylation is 2. The van der Waals surface area contributed by atoms with Crippen LogP contribution < -0.4 is 4.74 Å². The molecule has 2 aromatic heterocycles. The number of hydrogen-bond acceptors (Lipinski definition) is 4. The molecule has 0 N–H and O–H groups in total. The maximum Gasteiger partial charge on any atom is 0.220 e. The molecule has 0 saturated carbocycles. The molecule has 2 heterocycles. The number of hydrogen-bond donors (Lipinski definition) is 0. The van der Waals surface area contributed by atoms with Gasteiger partial charge in [0.25, 0.3) is 0 Å². The third kappa shape index (κ3) is 3.81. The van der Waals surface area contributed by atoms with E-state index in [2.05, 4.69) is 29.9 Å². The molecular formula is C18H25N3O. The summed E-state index contributed by atoms with van der Waals surface area (Å²) in [4.78, 5) is 13.7. The first-order chi connectivity index (χ1) is 10.5. The Kier molecular flexibility index (Phi) is 5.47. The van der Waals surface area contributed by atoms with Gasteiger partial charge in [-0.25, -0.2) is 4.98 Å². The lowest BCUT2D eigenvalue weighted by Gasteiger charge is -2.15. The van der Waals surface area contributed by atoms with Crippen molar-refractivity contribution in [2.75, 3.05) is 0 Å². The first-order valence-electron chi connectivity index (χ1n) is 8.04. The second-order valence-corrected chi connectivity index (χ2v) is 5.73. The second kappa shape index (κ2) is 7.34. The summed E-state index contributed by atoms with van der Waals surface area (Å²) in [7, 11) is 0. The van der Waals surface area contributed by atoms with Crippen molar-refractivity contribution < 1.29 is 4.74 Å². The zero-order valence-corrected chi connectivity index (χ0v) is 14.2. The van der Waals surface area contributed by atoms with Crippen LogP contribution in [0.15, 0.2) is 18.3 Å². The lowest BCUT2D eigenvalue weighted by atomic mass is 10.1. The van der Waals surface area contributed by atoms with E-state index >= 15 is 0 Å². The molecule has 0 aliphatic rings. The fourth-order valence-electron chi connectivity index (χ4n) is 2.30. The average molecular weight is 299 g/mol. The number of ether oxygens (including phenoxy) is 1. The van der Waals surface area contributed by atoms with E-state index in [-0.39, 0.29) is 6.10 Å². The maximum absolute atomic E-state index is 5.88. The molecule has 2 rings (SSSR count). The lowest BCUT2D eigenvalue weighted by molar-refractivity contribution is 0.230. The van der Waals surface area contributed by atoms with Gasteiger partial charge in [0.2, 0.25) is 5.88 Å². The number of aromatic nitrogens is 3. The van der Waals surface area contributed by atoms with Crippen molar-refractivity contribution in [2.24, 2.45) is 0 Å². The molecule has 0 bridgehead atoms. The molecular weight excluding hydrogens is 274 g/mol. The smallest absolute Gasteiger partial charge is 0.220 e. The zero-order chi connectivity index (χ0) is 16.1. The van der Waals surface area contributed by atoms with Gasteiger partial charge in [-0.3, -0.25) is 4.98 Å². The molecule has 2 aromatic rings. The summed E-state index contributed by atoms with van der Waals surface area (Å²) in [5.41, 5.74) is 4.16. The lowest BCUT2D eigenvalue weighted by Crippen LogP contribution is -2.11. The molecule has 0 unspecified atom stereocenters. The van der Waals surface area contributed by atoms with Crippen LogP contribution in [0.25, 0.3) is 11.4 Å². The van der Waals surface area contributed by atoms with Crippen molar-refractivity contribution in [3.63, 3.8) is 0 Å². The topological polar surface area (TPSA) is 47.9 Å². The molecule has 0 spiro atoms. The summed E-state index contributed by atoms with van der Waals surface area (Å²) in [5.74, 6) is 1.42. The van der Waals surface area contributed by atoms with E-state index in [4.69, 9.17) is 9.72 Å². The van der Waals surface area contributed by atoms with Gasteiger partial charge >= 0.3 is 0 Å². The van der Waals surface area contributed by atoms with Crippen molar-refractivity contribution in [1.82, 2.24) is 15.0 Å². The van der Waals surface area contributed by atoms with Gasteiger partial charge < -0.3 is 4.74 Å². The summed E-state index contributed by atoms with van der Waals surface area (Å²) in [6.45, 7) is 10.3. The Bertz CT molecular complexity index is 638. The van der Waals surface area contributed by atoms with Gasteiger partial charge in [-0.05, 0) is 45.7 Å². The van der Waals surface area contributed by atoms with Crippen LogP contribution in [0.4, 0.5) is 0 Å². The Balaban J connectivity index is 2.51. The first kappa shape index (κ1) is 16.4. The molecule has 0 saturated heterocycles. The molecule has 4 nitrogen and oxygen atoms in total. The van der Waals surface area contributed by atoms with Gasteiger partial charge in [0.1, 0.15) is 0 Å². The predicted octanol–water partition coefficient (Wildman–Crippen LogP) is 4.15.